The summed E-state index contributed by atoms with van der Waals surface area (Å²) in [6.45, 7) is 6.10. The van der Waals surface area contributed by atoms with Crippen LogP contribution >= 0.6 is 0 Å². The fraction of sp³-hybridized carbons (Fsp3) is 0.158. The molecule has 1 heterocycles. The highest BCUT2D eigenvalue weighted by Crippen LogP contribution is 2.31. The normalized spacial score (nSPS) is 10.5. The van der Waals surface area contributed by atoms with Gasteiger partial charge in [0.15, 0.2) is 5.82 Å². The van der Waals surface area contributed by atoms with Crippen molar-refractivity contribution >= 4 is 17.2 Å². The van der Waals surface area contributed by atoms with Gasteiger partial charge in [-0.15, -0.1) is 0 Å². The van der Waals surface area contributed by atoms with Gasteiger partial charge in [0, 0.05) is 5.69 Å². The number of benzene rings is 2. The van der Waals surface area contributed by atoms with Crippen molar-refractivity contribution in [3.8, 4) is 11.6 Å². The summed E-state index contributed by atoms with van der Waals surface area (Å²) in [6.07, 6.45) is 1.44. The minimum Gasteiger partial charge on any atom is -0.437 e. The van der Waals surface area contributed by atoms with E-state index in [0.717, 1.165) is 22.4 Å². The summed E-state index contributed by atoms with van der Waals surface area (Å²) in [6, 6.07) is 13.9. The number of anilines is 3. The Morgan fingerprint density at radius 1 is 0.917 bits per heavy atom. The highest BCUT2D eigenvalue weighted by Gasteiger charge is 2.11. The second-order valence-corrected chi connectivity index (χ2v) is 5.80. The zero-order valence-corrected chi connectivity index (χ0v) is 14.0. The van der Waals surface area contributed by atoms with Crippen molar-refractivity contribution < 1.29 is 4.74 Å². The van der Waals surface area contributed by atoms with Crippen molar-refractivity contribution in [3.05, 3.63) is 65.5 Å². The molecule has 0 aliphatic rings. The lowest BCUT2D eigenvalue weighted by atomic mass is 10.1. The van der Waals surface area contributed by atoms with E-state index in [0.29, 0.717) is 23.1 Å². The topological polar surface area (TPSA) is 73.1 Å². The smallest absolute Gasteiger partial charge is 0.248 e. The molecular weight excluding hydrogens is 300 g/mol. The van der Waals surface area contributed by atoms with Gasteiger partial charge in [0.05, 0.1) is 0 Å². The van der Waals surface area contributed by atoms with Crippen LogP contribution in [0.2, 0.25) is 0 Å². The highest BCUT2D eigenvalue weighted by molar-refractivity contribution is 5.73. The first-order valence-corrected chi connectivity index (χ1v) is 7.72. The molecule has 0 saturated heterocycles. The number of nitrogens with two attached hydrogens (primary N) is 1. The maximum absolute atomic E-state index is 6.18. The van der Waals surface area contributed by atoms with Crippen molar-refractivity contribution in [2.24, 2.45) is 0 Å². The second kappa shape index (κ2) is 6.58. The molecular formula is C19H20N4O. The molecule has 0 unspecified atom stereocenters. The Morgan fingerprint density at radius 3 is 2.38 bits per heavy atom. The Morgan fingerprint density at radius 2 is 1.62 bits per heavy atom. The van der Waals surface area contributed by atoms with E-state index in [9.17, 15) is 0 Å². The molecule has 0 aliphatic heterocycles. The largest absolute Gasteiger partial charge is 0.437 e. The molecule has 0 aliphatic carbocycles. The molecule has 0 fully saturated rings. The van der Waals surface area contributed by atoms with E-state index in [2.05, 4.69) is 33.5 Å². The Bertz CT molecular complexity index is 860. The zero-order valence-electron chi connectivity index (χ0n) is 14.0. The molecule has 5 nitrogen and oxygen atoms in total. The second-order valence-electron chi connectivity index (χ2n) is 5.80. The van der Waals surface area contributed by atoms with Gasteiger partial charge >= 0.3 is 0 Å². The molecule has 0 radical (unpaired) electrons. The highest BCUT2D eigenvalue weighted by atomic mass is 16.5. The maximum Gasteiger partial charge on any atom is 0.248 e. The number of nitrogens with zero attached hydrogens (tertiary/aromatic N) is 2. The zero-order chi connectivity index (χ0) is 17.1. The number of nitrogen functional groups attached to an aromatic ring is 1. The third-order valence-corrected chi connectivity index (χ3v) is 3.73. The lowest BCUT2D eigenvalue weighted by Crippen LogP contribution is -2.04. The Kier molecular flexibility index (Phi) is 4.33. The van der Waals surface area contributed by atoms with E-state index >= 15 is 0 Å². The summed E-state index contributed by atoms with van der Waals surface area (Å²) in [5.41, 5.74) is 11.0. The van der Waals surface area contributed by atoms with Crippen LogP contribution in [0.25, 0.3) is 0 Å². The summed E-state index contributed by atoms with van der Waals surface area (Å²) in [5, 5.41) is 3.26. The van der Waals surface area contributed by atoms with Crippen molar-refractivity contribution in [2.75, 3.05) is 11.1 Å². The van der Waals surface area contributed by atoms with Crippen LogP contribution in [0.15, 0.2) is 48.8 Å². The van der Waals surface area contributed by atoms with Crippen molar-refractivity contribution in [1.82, 2.24) is 9.97 Å². The van der Waals surface area contributed by atoms with E-state index in [-0.39, 0.29) is 0 Å². The molecule has 0 bridgehead atoms. The van der Waals surface area contributed by atoms with Gasteiger partial charge in [0.2, 0.25) is 5.88 Å². The van der Waals surface area contributed by atoms with E-state index in [1.807, 2.05) is 45.0 Å². The molecule has 0 atom stereocenters. The van der Waals surface area contributed by atoms with E-state index in [1.54, 1.807) is 0 Å². The monoisotopic (exact) mass is 320 g/mol. The van der Waals surface area contributed by atoms with Crippen molar-refractivity contribution in [3.63, 3.8) is 0 Å². The first-order chi connectivity index (χ1) is 11.5. The van der Waals surface area contributed by atoms with Gasteiger partial charge in [-0.25, -0.2) is 4.98 Å². The number of rotatable bonds is 4. The fourth-order valence-electron chi connectivity index (χ4n) is 2.28. The van der Waals surface area contributed by atoms with Crippen LogP contribution in [0, 0.1) is 20.8 Å². The molecule has 0 spiro atoms. The number of hydrogen-bond acceptors (Lipinski definition) is 5. The lowest BCUT2D eigenvalue weighted by Gasteiger charge is -2.13. The van der Waals surface area contributed by atoms with Gasteiger partial charge in [-0.2, -0.15) is 4.98 Å². The van der Waals surface area contributed by atoms with Crippen LogP contribution in [0.1, 0.15) is 16.7 Å². The van der Waals surface area contributed by atoms with E-state index < -0.39 is 0 Å². The number of ether oxygens (including phenoxy) is 1. The maximum atomic E-state index is 6.18. The third-order valence-electron chi connectivity index (χ3n) is 3.73. The van der Waals surface area contributed by atoms with Gasteiger partial charge in [0.1, 0.15) is 17.8 Å². The van der Waals surface area contributed by atoms with Crippen molar-refractivity contribution in [2.45, 2.75) is 20.8 Å². The Labute approximate surface area is 141 Å². The van der Waals surface area contributed by atoms with Crippen LogP contribution in [-0.4, -0.2) is 9.97 Å². The molecule has 24 heavy (non-hydrogen) atoms. The average Bonchev–Trinajstić information content (AvgIpc) is 2.56. The molecule has 1 aromatic heterocycles. The van der Waals surface area contributed by atoms with Crippen LogP contribution in [0.4, 0.5) is 17.2 Å². The minimum atomic E-state index is 0.335. The molecule has 0 amide bonds. The quantitative estimate of drug-likeness (QED) is 0.739. The molecule has 122 valence electrons. The van der Waals surface area contributed by atoms with E-state index in [4.69, 9.17) is 10.5 Å². The summed E-state index contributed by atoms with van der Waals surface area (Å²) in [5.74, 6) is 1.55. The average molecular weight is 320 g/mol. The first kappa shape index (κ1) is 15.8. The number of nitrogens with one attached hydrogen (secondary N) is 1. The molecule has 3 aromatic rings. The van der Waals surface area contributed by atoms with Crippen LogP contribution < -0.4 is 15.8 Å². The third kappa shape index (κ3) is 3.46. The number of hydrogen-bond donors (Lipinski definition) is 2. The summed E-state index contributed by atoms with van der Waals surface area (Å²) < 4.78 is 5.78. The molecule has 2 aromatic carbocycles. The Hall–Kier alpha value is -3.08. The summed E-state index contributed by atoms with van der Waals surface area (Å²) in [4.78, 5) is 8.37. The van der Waals surface area contributed by atoms with Crippen LogP contribution in [-0.2, 0) is 0 Å². The van der Waals surface area contributed by atoms with Crippen LogP contribution in [0.3, 0.4) is 0 Å². The molecule has 0 saturated carbocycles. The van der Waals surface area contributed by atoms with Gasteiger partial charge in [-0.3, -0.25) is 0 Å². The van der Waals surface area contributed by atoms with E-state index in [1.165, 1.54) is 6.33 Å². The predicted octanol–water partition coefficient (Wildman–Crippen LogP) is 4.52. The summed E-state index contributed by atoms with van der Waals surface area (Å²) >= 11 is 0. The van der Waals surface area contributed by atoms with Crippen molar-refractivity contribution in [1.29, 1.82) is 0 Å². The SMILES string of the molecule is Cc1ccc(Oc2ncnc(Nc3cc(C)ccc3C)c2N)cc1. The minimum absolute atomic E-state index is 0.335. The number of aryl methyl sites for hydroxylation is 3. The number of aromatic nitrogens is 2. The molecule has 3 rings (SSSR count). The van der Waals surface area contributed by atoms with Crippen LogP contribution in [0.5, 0.6) is 11.6 Å². The molecule has 3 N–H and O–H groups in total. The van der Waals surface area contributed by atoms with Gasteiger partial charge in [-0.05, 0) is 50.1 Å². The standard InChI is InChI=1S/C19H20N4O/c1-12-5-8-15(9-6-12)24-19-17(20)18(21-11-22-19)23-16-10-13(2)4-7-14(16)3/h4-11H,20H2,1-3H3,(H,21,22,23). The predicted molar refractivity (Wildman–Crippen MR) is 96.9 cm³/mol. The Balaban J connectivity index is 1.88. The van der Waals surface area contributed by atoms with Gasteiger partial charge in [0.25, 0.3) is 0 Å². The fourth-order valence-corrected chi connectivity index (χ4v) is 2.28. The van der Waals surface area contributed by atoms with Gasteiger partial charge < -0.3 is 15.8 Å². The lowest BCUT2D eigenvalue weighted by molar-refractivity contribution is 0.464. The molecule has 5 heteroatoms. The summed E-state index contributed by atoms with van der Waals surface area (Å²) in [7, 11) is 0. The first-order valence-electron chi connectivity index (χ1n) is 7.72. The van der Waals surface area contributed by atoms with Gasteiger partial charge in [-0.1, -0.05) is 29.8 Å².